The Labute approximate surface area is 183 Å². The number of aryl methyl sites for hydroxylation is 3. The van der Waals surface area contributed by atoms with Crippen LogP contribution in [0.2, 0.25) is 0 Å². The van der Waals surface area contributed by atoms with Gasteiger partial charge in [-0.05, 0) is 68.7 Å². The third-order valence-electron chi connectivity index (χ3n) is 6.28. The number of rotatable bonds is 3. The number of nitrogens with zero attached hydrogens (tertiary/aromatic N) is 4. The summed E-state index contributed by atoms with van der Waals surface area (Å²) in [6, 6.07) is 15.4. The zero-order valence-electron chi connectivity index (χ0n) is 18.3. The molecule has 2 aromatic heterocycles. The average molecular weight is 417 g/mol. The average Bonchev–Trinajstić information content (AvgIpc) is 3.34. The molecule has 0 spiro atoms. The molecule has 1 aromatic carbocycles. The molecule has 3 atom stereocenters. The summed E-state index contributed by atoms with van der Waals surface area (Å²) in [4.78, 5) is 12.3. The predicted molar refractivity (Wildman–Crippen MR) is 126 cm³/mol. The number of aromatic nitrogens is 2. The highest BCUT2D eigenvalue weighted by Crippen LogP contribution is 2.49. The summed E-state index contributed by atoms with van der Waals surface area (Å²) in [6.45, 7) is 12.1. The van der Waals surface area contributed by atoms with Crippen molar-refractivity contribution in [2.45, 2.75) is 52.0 Å². The molecule has 0 radical (unpaired) electrons. The number of fused-ring (bicyclic) bond motifs is 1. The molecule has 2 aliphatic rings. The Balaban J connectivity index is 1.64. The molecule has 5 heteroatoms. The van der Waals surface area contributed by atoms with Crippen LogP contribution in [0.25, 0.3) is 5.69 Å². The Hall–Kier alpha value is -2.53. The molecule has 154 valence electrons. The van der Waals surface area contributed by atoms with Crippen LogP contribution in [0.5, 0.6) is 0 Å². The molecular weight excluding hydrogens is 388 g/mol. The molecular formula is C25H28N4S. The standard InChI is InChI=1S/C25H28N4S/c1-15-9-10-16(2)22(12-15)29-17(3)13-20(19(29)5)24-23(21-8-6-7-11-26-21)27-25-28(24)14-18(4)30-25/h6-13,18,23-24H,14H2,1-5H3/t18-,23-,24-/m0/s1. The first-order chi connectivity index (χ1) is 14.4. The van der Waals surface area contributed by atoms with E-state index in [0.29, 0.717) is 5.25 Å². The Bertz CT molecular complexity index is 1130. The van der Waals surface area contributed by atoms with Crippen LogP contribution in [0.3, 0.4) is 0 Å². The van der Waals surface area contributed by atoms with Gasteiger partial charge in [-0.15, -0.1) is 0 Å². The van der Waals surface area contributed by atoms with E-state index in [4.69, 9.17) is 4.99 Å². The summed E-state index contributed by atoms with van der Waals surface area (Å²) >= 11 is 1.89. The number of hydrogen-bond acceptors (Lipinski definition) is 4. The van der Waals surface area contributed by atoms with Gasteiger partial charge in [-0.1, -0.05) is 36.9 Å². The van der Waals surface area contributed by atoms with E-state index in [2.05, 4.69) is 85.5 Å². The van der Waals surface area contributed by atoms with Gasteiger partial charge in [-0.3, -0.25) is 9.98 Å². The van der Waals surface area contributed by atoms with E-state index in [9.17, 15) is 0 Å². The third kappa shape index (κ3) is 3.07. The van der Waals surface area contributed by atoms with Crippen LogP contribution >= 0.6 is 11.8 Å². The maximum absolute atomic E-state index is 5.15. The van der Waals surface area contributed by atoms with Gasteiger partial charge in [0, 0.05) is 35.1 Å². The van der Waals surface area contributed by atoms with Crippen molar-refractivity contribution in [3.05, 3.63) is 82.4 Å². The molecule has 30 heavy (non-hydrogen) atoms. The maximum Gasteiger partial charge on any atom is 0.160 e. The first-order valence-electron chi connectivity index (χ1n) is 10.6. The van der Waals surface area contributed by atoms with Crippen molar-refractivity contribution >= 4 is 16.9 Å². The van der Waals surface area contributed by atoms with Crippen LogP contribution in [-0.4, -0.2) is 31.4 Å². The second-order valence-electron chi connectivity index (χ2n) is 8.59. The van der Waals surface area contributed by atoms with E-state index in [0.717, 1.165) is 12.2 Å². The van der Waals surface area contributed by atoms with Crippen LogP contribution in [0, 0.1) is 27.7 Å². The van der Waals surface area contributed by atoms with Gasteiger partial charge in [0.2, 0.25) is 0 Å². The van der Waals surface area contributed by atoms with Gasteiger partial charge in [0.05, 0.1) is 11.7 Å². The molecule has 2 aliphatic heterocycles. The number of aliphatic imine (C=N–C) groups is 1. The molecule has 1 fully saturated rings. The van der Waals surface area contributed by atoms with Crippen molar-refractivity contribution in [2.24, 2.45) is 4.99 Å². The number of thioether (sulfide) groups is 1. The summed E-state index contributed by atoms with van der Waals surface area (Å²) in [5, 5.41) is 1.73. The highest BCUT2D eigenvalue weighted by molar-refractivity contribution is 8.14. The number of amidine groups is 1. The van der Waals surface area contributed by atoms with E-state index in [1.54, 1.807) is 0 Å². The minimum atomic E-state index is 0.0359. The maximum atomic E-state index is 5.15. The second-order valence-corrected chi connectivity index (χ2v) is 9.99. The van der Waals surface area contributed by atoms with E-state index >= 15 is 0 Å². The van der Waals surface area contributed by atoms with Gasteiger partial charge >= 0.3 is 0 Å². The van der Waals surface area contributed by atoms with E-state index in [1.165, 1.54) is 38.9 Å². The second kappa shape index (κ2) is 7.31. The lowest BCUT2D eigenvalue weighted by atomic mass is 9.96. The Kier molecular flexibility index (Phi) is 4.73. The largest absolute Gasteiger partial charge is 0.341 e. The van der Waals surface area contributed by atoms with Crippen molar-refractivity contribution in [1.29, 1.82) is 0 Å². The molecule has 0 bridgehead atoms. The summed E-state index contributed by atoms with van der Waals surface area (Å²) in [5.74, 6) is 0. The lowest BCUT2D eigenvalue weighted by molar-refractivity contribution is 0.320. The molecule has 4 heterocycles. The van der Waals surface area contributed by atoms with Gasteiger partial charge in [0.1, 0.15) is 6.04 Å². The van der Waals surface area contributed by atoms with Gasteiger partial charge in [-0.2, -0.15) is 0 Å². The molecule has 0 saturated carbocycles. The van der Waals surface area contributed by atoms with E-state index in [-0.39, 0.29) is 12.1 Å². The van der Waals surface area contributed by atoms with Gasteiger partial charge in [-0.25, -0.2) is 0 Å². The van der Waals surface area contributed by atoms with Crippen molar-refractivity contribution in [3.63, 3.8) is 0 Å². The monoisotopic (exact) mass is 416 g/mol. The Morgan fingerprint density at radius 1 is 1.03 bits per heavy atom. The van der Waals surface area contributed by atoms with Crippen molar-refractivity contribution in [3.8, 4) is 5.69 Å². The fourth-order valence-corrected chi connectivity index (χ4v) is 5.96. The zero-order valence-corrected chi connectivity index (χ0v) is 19.1. The van der Waals surface area contributed by atoms with Gasteiger partial charge in [0.25, 0.3) is 0 Å². The molecule has 1 saturated heterocycles. The SMILES string of the molecule is Cc1ccc(C)c(-n2c(C)cc([C@H]3[C@H](c4ccccn4)N=C4S[C@@H](C)CN43)c2C)c1. The van der Waals surface area contributed by atoms with Crippen LogP contribution in [0.1, 0.15) is 52.8 Å². The minimum Gasteiger partial charge on any atom is -0.341 e. The minimum absolute atomic E-state index is 0.0359. The summed E-state index contributed by atoms with van der Waals surface area (Å²) < 4.78 is 2.41. The van der Waals surface area contributed by atoms with Crippen molar-refractivity contribution in [1.82, 2.24) is 14.5 Å². The third-order valence-corrected chi connectivity index (χ3v) is 7.38. The first kappa shape index (κ1) is 19.4. The number of benzene rings is 1. The van der Waals surface area contributed by atoms with Gasteiger partial charge < -0.3 is 9.47 Å². The number of pyridine rings is 1. The van der Waals surface area contributed by atoms with Gasteiger partial charge in [0.15, 0.2) is 5.17 Å². The van der Waals surface area contributed by atoms with Crippen LogP contribution < -0.4 is 0 Å². The topological polar surface area (TPSA) is 33.4 Å². The fraction of sp³-hybridized carbons (Fsp3) is 0.360. The lowest BCUT2D eigenvalue weighted by Crippen LogP contribution is -2.28. The molecule has 0 unspecified atom stereocenters. The Morgan fingerprint density at radius 2 is 1.87 bits per heavy atom. The smallest absolute Gasteiger partial charge is 0.160 e. The number of hydrogen-bond donors (Lipinski definition) is 0. The predicted octanol–water partition coefficient (Wildman–Crippen LogP) is 5.70. The van der Waals surface area contributed by atoms with Crippen LogP contribution in [0.4, 0.5) is 0 Å². The molecule has 3 aromatic rings. The lowest BCUT2D eigenvalue weighted by Gasteiger charge is -2.27. The van der Waals surface area contributed by atoms with Crippen LogP contribution in [0.15, 0.2) is 53.7 Å². The van der Waals surface area contributed by atoms with Crippen molar-refractivity contribution in [2.75, 3.05) is 6.54 Å². The molecule has 0 amide bonds. The molecule has 4 nitrogen and oxygen atoms in total. The quantitative estimate of drug-likeness (QED) is 0.549. The fourth-order valence-electron chi connectivity index (χ4n) is 4.87. The first-order valence-corrected chi connectivity index (χ1v) is 11.5. The molecule has 0 aliphatic carbocycles. The molecule has 0 N–H and O–H groups in total. The van der Waals surface area contributed by atoms with Crippen molar-refractivity contribution < 1.29 is 0 Å². The van der Waals surface area contributed by atoms with Crippen LogP contribution in [-0.2, 0) is 0 Å². The van der Waals surface area contributed by atoms with E-state index < -0.39 is 0 Å². The summed E-state index contributed by atoms with van der Waals surface area (Å²) in [6.07, 6.45) is 1.88. The highest BCUT2D eigenvalue weighted by Gasteiger charge is 2.44. The zero-order chi connectivity index (χ0) is 21.0. The summed E-state index contributed by atoms with van der Waals surface area (Å²) in [7, 11) is 0. The highest BCUT2D eigenvalue weighted by atomic mass is 32.2. The Morgan fingerprint density at radius 3 is 2.63 bits per heavy atom. The van der Waals surface area contributed by atoms with E-state index in [1.807, 2.05) is 24.0 Å². The summed E-state index contributed by atoms with van der Waals surface area (Å²) in [5.41, 5.74) is 8.83. The molecule has 5 rings (SSSR count). The normalized spacial score (nSPS) is 23.0.